The molecule has 3 rings (SSSR count). The number of aromatic nitrogens is 6. The fraction of sp³-hybridized carbons (Fsp3) is 0.462. The number of halogens is 3. The van der Waals surface area contributed by atoms with Crippen LogP contribution in [0, 0.1) is 0 Å². The van der Waals surface area contributed by atoms with Gasteiger partial charge in [0.1, 0.15) is 5.03 Å². The summed E-state index contributed by atoms with van der Waals surface area (Å²) in [6.07, 6.45) is -3.79. The van der Waals surface area contributed by atoms with Gasteiger partial charge in [0.15, 0.2) is 9.99 Å². The molecule has 0 aliphatic heterocycles. The average Bonchev–Trinajstić information content (AvgIpc) is 3.20. The molecule has 3 aromatic heterocycles. The van der Waals surface area contributed by atoms with Crippen LogP contribution in [0.25, 0.3) is 5.65 Å². The smallest absolute Gasteiger partial charge is 0.382 e. The molecule has 0 aliphatic carbocycles. The molecule has 26 heavy (non-hydrogen) atoms. The number of hydrogen-bond acceptors (Lipinski definition) is 9. The van der Waals surface area contributed by atoms with Crippen molar-refractivity contribution in [2.24, 2.45) is 0 Å². The van der Waals surface area contributed by atoms with E-state index in [2.05, 4.69) is 30.8 Å². The van der Waals surface area contributed by atoms with E-state index in [0.717, 1.165) is 18.2 Å². The van der Waals surface area contributed by atoms with Gasteiger partial charge in [0.2, 0.25) is 5.13 Å². The summed E-state index contributed by atoms with van der Waals surface area (Å²) in [6, 6.07) is 2.98. The van der Waals surface area contributed by atoms with E-state index in [9.17, 15) is 13.2 Å². The van der Waals surface area contributed by atoms with Gasteiger partial charge in [-0.1, -0.05) is 11.3 Å². The number of fused-ring (bicyclic) bond motifs is 1. The zero-order valence-corrected chi connectivity index (χ0v) is 15.2. The summed E-state index contributed by atoms with van der Waals surface area (Å²) in [4.78, 5) is 0. The molecule has 0 fully saturated rings. The topological polar surface area (TPSA) is 90.1 Å². The lowest BCUT2D eigenvalue weighted by atomic mass is 10.4. The summed E-state index contributed by atoms with van der Waals surface area (Å²) in [5.74, 6) is -1.16. The molecule has 0 aromatic carbocycles. The Balaban J connectivity index is 1.66. The third kappa shape index (κ3) is 4.59. The summed E-state index contributed by atoms with van der Waals surface area (Å²) in [5.41, 5.74) is 0.0237. The van der Waals surface area contributed by atoms with Crippen molar-refractivity contribution in [1.82, 2.24) is 30.0 Å². The summed E-state index contributed by atoms with van der Waals surface area (Å²) in [7, 11) is 0. The third-order valence-corrected chi connectivity index (χ3v) is 4.89. The van der Waals surface area contributed by atoms with Crippen molar-refractivity contribution in [3.63, 3.8) is 0 Å². The standard InChI is InChI=1S/C13H14F3N7OS2/c1-2-24-7-3-6-17-11-20-21-12(26-11)25-9-5-4-8-18-19-10(13(14,15)16)23(8)22-9/h4-5H,2-3,6-7H2,1H3,(H,17,20). The molecule has 140 valence electrons. The number of ether oxygens (including phenoxy) is 1. The Hall–Kier alpha value is -1.99. The van der Waals surface area contributed by atoms with E-state index >= 15 is 0 Å². The van der Waals surface area contributed by atoms with Crippen molar-refractivity contribution in [1.29, 1.82) is 0 Å². The molecule has 0 atom stereocenters. The van der Waals surface area contributed by atoms with Crippen LogP contribution >= 0.6 is 23.1 Å². The maximum absolute atomic E-state index is 12.9. The SMILES string of the molecule is CCOCCCNc1nnc(Sc2ccc3nnc(C(F)(F)F)n3n2)s1. The van der Waals surface area contributed by atoms with Crippen LogP contribution in [0.1, 0.15) is 19.2 Å². The lowest BCUT2D eigenvalue weighted by molar-refractivity contribution is -0.146. The Morgan fingerprint density at radius 1 is 1.23 bits per heavy atom. The zero-order valence-electron chi connectivity index (χ0n) is 13.5. The third-order valence-electron chi connectivity index (χ3n) is 3.04. The maximum Gasteiger partial charge on any atom is 0.453 e. The number of hydrogen-bond donors (Lipinski definition) is 1. The van der Waals surface area contributed by atoms with Gasteiger partial charge in [-0.05, 0) is 37.2 Å². The van der Waals surface area contributed by atoms with E-state index < -0.39 is 12.0 Å². The number of nitrogens with zero attached hydrogens (tertiary/aromatic N) is 6. The molecule has 3 aromatic rings. The van der Waals surface area contributed by atoms with E-state index in [4.69, 9.17) is 4.74 Å². The van der Waals surface area contributed by atoms with Crippen molar-refractivity contribution in [2.75, 3.05) is 25.1 Å². The van der Waals surface area contributed by atoms with Gasteiger partial charge in [-0.3, -0.25) is 0 Å². The Morgan fingerprint density at radius 2 is 2.08 bits per heavy atom. The van der Waals surface area contributed by atoms with Crippen LogP contribution in [0.2, 0.25) is 0 Å². The molecule has 0 aliphatic rings. The first-order valence-corrected chi connectivity index (χ1v) is 9.23. The predicted molar refractivity (Wildman–Crippen MR) is 89.4 cm³/mol. The number of nitrogens with one attached hydrogen (secondary N) is 1. The number of rotatable bonds is 8. The summed E-state index contributed by atoms with van der Waals surface area (Å²) in [5, 5.41) is 22.6. The summed E-state index contributed by atoms with van der Waals surface area (Å²) < 4.78 is 45.2. The Labute approximate surface area is 154 Å². The maximum atomic E-state index is 12.9. The monoisotopic (exact) mass is 405 g/mol. The second-order valence-electron chi connectivity index (χ2n) is 4.92. The molecule has 1 N–H and O–H groups in total. The van der Waals surface area contributed by atoms with Crippen molar-refractivity contribution in [3.05, 3.63) is 18.0 Å². The van der Waals surface area contributed by atoms with Crippen LogP contribution in [-0.2, 0) is 10.9 Å². The molecule has 0 saturated heterocycles. The highest BCUT2D eigenvalue weighted by atomic mass is 32.2. The van der Waals surface area contributed by atoms with Crippen LogP contribution in [0.15, 0.2) is 21.5 Å². The van der Waals surface area contributed by atoms with Gasteiger partial charge in [-0.2, -0.15) is 22.8 Å². The highest BCUT2D eigenvalue weighted by molar-refractivity contribution is 8.01. The van der Waals surface area contributed by atoms with E-state index in [-0.39, 0.29) is 5.65 Å². The molecule has 0 unspecified atom stereocenters. The normalized spacial score (nSPS) is 12.0. The quantitative estimate of drug-likeness (QED) is 0.572. The summed E-state index contributed by atoms with van der Waals surface area (Å²) in [6.45, 7) is 3.97. The first kappa shape index (κ1) is 18.8. The van der Waals surface area contributed by atoms with Crippen LogP contribution in [0.5, 0.6) is 0 Å². The predicted octanol–water partition coefficient (Wildman–Crippen LogP) is 2.98. The molecule has 0 saturated carbocycles. The highest BCUT2D eigenvalue weighted by Crippen LogP contribution is 2.32. The van der Waals surface area contributed by atoms with E-state index in [1.807, 2.05) is 6.92 Å². The van der Waals surface area contributed by atoms with Crippen LogP contribution in [-0.4, -0.2) is 49.8 Å². The van der Waals surface area contributed by atoms with E-state index in [1.165, 1.54) is 17.4 Å². The molecule has 0 spiro atoms. The largest absolute Gasteiger partial charge is 0.453 e. The Morgan fingerprint density at radius 3 is 2.85 bits per heavy atom. The van der Waals surface area contributed by atoms with Gasteiger partial charge in [0, 0.05) is 19.8 Å². The second kappa shape index (κ2) is 8.14. The zero-order chi connectivity index (χ0) is 18.6. The molecule has 3 heterocycles. The van der Waals surface area contributed by atoms with Gasteiger partial charge in [-0.25, -0.2) is 0 Å². The molecular formula is C13H14F3N7OS2. The molecule has 0 radical (unpaired) electrons. The second-order valence-corrected chi connectivity index (χ2v) is 7.16. The first-order valence-electron chi connectivity index (χ1n) is 7.60. The Bertz CT molecular complexity index is 867. The van der Waals surface area contributed by atoms with Crippen molar-refractivity contribution in [3.8, 4) is 0 Å². The van der Waals surface area contributed by atoms with Gasteiger partial charge in [0.05, 0.1) is 0 Å². The number of alkyl halides is 3. The fourth-order valence-corrected chi connectivity index (χ4v) is 3.61. The number of anilines is 1. The van der Waals surface area contributed by atoms with Crippen LogP contribution in [0.3, 0.4) is 0 Å². The lowest BCUT2D eigenvalue weighted by Gasteiger charge is -2.03. The fourth-order valence-electron chi connectivity index (χ4n) is 1.93. The van der Waals surface area contributed by atoms with E-state index in [1.54, 1.807) is 6.07 Å². The van der Waals surface area contributed by atoms with Crippen LogP contribution in [0.4, 0.5) is 18.3 Å². The molecule has 8 nitrogen and oxygen atoms in total. The molecule has 0 amide bonds. The lowest BCUT2D eigenvalue weighted by Crippen LogP contribution is -2.12. The van der Waals surface area contributed by atoms with Gasteiger partial charge < -0.3 is 10.1 Å². The first-order chi connectivity index (χ1) is 12.5. The average molecular weight is 405 g/mol. The van der Waals surface area contributed by atoms with Gasteiger partial charge >= 0.3 is 6.18 Å². The molecule has 13 heteroatoms. The molecule has 0 bridgehead atoms. The van der Waals surface area contributed by atoms with Crippen LogP contribution < -0.4 is 5.32 Å². The van der Waals surface area contributed by atoms with Crippen molar-refractivity contribution >= 4 is 33.9 Å². The summed E-state index contributed by atoms with van der Waals surface area (Å²) >= 11 is 2.41. The molecular weight excluding hydrogens is 391 g/mol. The minimum atomic E-state index is -4.63. The highest BCUT2D eigenvalue weighted by Gasteiger charge is 2.37. The van der Waals surface area contributed by atoms with Gasteiger partial charge in [-0.15, -0.1) is 20.4 Å². The Kier molecular flexibility index (Phi) is 5.88. The van der Waals surface area contributed by atoms with Crippen molar-refractivity contribution < 1.29 is 17.9 Å². The minimum absolute atomic E-state index is 0.0237. The minimum Gasteiger partial charge on any atom is -0.382 e. The van der Waals surface area contributed by atoms with Crippen molar-refractivity contribution in [2.45, 2.75) is 28.9 Å². The van der Waals surface area contributed by atoms with Gasteiger partial charge in [0.25, 0.3) is 5.82 Å². The van der Waals surface area contributed by atoms with E-state index in [0.29, 0.717) is 38.8 Å².